The molecule has 0 saturated heterocycles. The first-order chi connectivity index (χ1) is 17.9. The maximum absolute atomic E-state index is 14.4. The number of esters is 1. The Labute approximate surface area is 219 Å². The lowest BCUT2D eigenvalue weighted by Gasteiger charge is -2.68. The second-order valence-electron chi connectivity index (χ2n) is 13.5. The maximum atomic E-state index is 14.4. The van der Waals surface area contributed by atoms with Crippen LogP contribution < -0.4 is 0 Å². The Kier molecular flexibility index (Phi) is 4.54. The molecule has 4 aliphatic carbocycles. The molecule has 194 valence electrons. The van der Waals surface area contributed by atoms with Crippen LogP contribution in [0.25, 0.3) is 0 Å². The van der Waals surface area contributed by atoms with Gasteiger partial charge in [-0.05, 0) is 84.8 Å². The van der Waals surface area contributed by atoms with E-state index in [0.29, 0.717) is 32.1 Å². The van der Waals surface area contributed by atoms with Gasteiger partial charge in [-0.3, -0.25) is 14.4 Å². The summed E-state index contributed by atoms with van der Waals surface area (Å²) in [5.74, 6) is -1.55. The predicted octanol–water partition coefficient (Wildman–Crippen LogP) is 4.99. The molecular weight excluding hydrogens is 452 g/mol. The Bertz CT molecular complexity index is 1260. The summed E-state index contributed by atoms with van der Waals surface area (Å²) in [6.45, 7) is 7.94. The van der Waals surface area contributed by atoms with Crippen molar-refractivity contribution in [2.24, 2.45) is 38.9 Å². The van der Waals surface area contributed by atoms with Gasteiger partial charge in [0.05, 0.1) is 12.5 Å². The summed E-state index contributed by atoms with van der Waals surface area (Å²) in [7, 11) is 1.44. The average Bonchev–Trinajstić information content (AvgIpc) is 2.84. The molecule has 5 aliphatic rings. The van der Waals surface area contributed by atoms with Crippen LogP contribution in [0.15, 0.2) is 23.3 Å². The lowest BCUT2D eigenvalue weighted by Crippen LogP contribution is -2.66. The highest BCUT2D eigenvalue weighted by molar-refractivity contribution is 6.00. The van der Waals surface area contributed by atoms with E-state index < -0.39 is 40.6 Å². The molecule has 5 rings (SSSR count). The van der Waals surface area contributed by atoms with Gasteiger partial charge in [0.2, 0.25) is 0 Å². The normalized spacial score (nSPS) is 46.8. The standard InChI is InChI=1S/C30H40N2O4/c1-26(2)10-12-30(25(35)36-7)13-11-29(5)23(19(30)16-26)20(33)14-21-27(3)15-18(17-31)24(34)32(6)22(27)8-9-28(21,29)4/h14-15,19,22-23H,8-13,16H2,1-7H3/t19-,22+,23-,27+,28+,29+,30-/m0/s1/i6D3. The molecule has 3 fully saturated rings. The van der Waals surface area contributed by atoms with Crippen molar-refractivity contribution in [1.29, 1.82) is 5.26 Å². The second-order valence-corrected chi connectivity index (χ2v) is 13.5. The molecule has 0 aromatic carbocycles. The molecule has 7 atom stereocenters. The van der Waals surface area contributed by atoms with E-state index in [1.165, 1.54) is 7.11 Å². The number of carbonyl (C=O) groups excluding carboxylic acids is 3. The van der Waals surface area contributed by atoms with Gasteiger partial charge in [-0.25, -0.2) is 0 Å². The highest BCUT2D eigenvalue weighted by atomic mass is 16.5. The smallest absolute Gasteiger partial charge is 0.312 e. The number of carbonyl (C=O) groups is 3. The molecule has 36 heavy (non-hydrogen) atoms. The van der Waals surface area contributed by atoms with Gasteiger partial charge in [0.15, 0.2) is 5.78 Å². The number of fused-ring (bicyclic) bond motifs is 7. The zero-order chi connectivity index (χ0) is 29.0. The van der Waals surface area contributed by atoms with E-state index in [1.54, 1.807) is 12.2 Å². The van der Waals surface area contributed by atoms with E-state index >= 15 is 0 Å². The van der Waals surface area contributed by atoms with Gasteiger partial charge in [0, 0.05) is 28.5 Å². The van der Waals surface area contributed by atoms with Crippen LogP contribution >= 0.6 is 0 Å². The number of allylic oxidation sites excluding steroid dienone is 1. The number of likely N-dealkylation sites (N-methyl/N-ethyl adjacent to an activating group) is 1. The zero-order valence-electron chi connectivity index (χ0n) is 25.4. The summed E-state index contributed by atoms with van der Waals surface area (Å²) in [6.07, 6.45) is 8.04. The Morgan fingerprint density at radius 2 is 1.83 bits per heavy atom. The monoisotopic (exact) mass is 495 g/mol. The summed E-state index contributed by atoms with van der Waals surface area (Å²) >= 11 is 0. The van der Waals surface area contributed by atoms with Gasteiger partial charge in [-0.2, -0.15) is 5.26 Å². The van der Waals surface area contributed by atoms with Crippen LogP contribution in [0, 0.1) is 50.2 Å². The molecule has 6 nitrogen and oxygen atoms in total. The first-order valence-corrected chi connectivity index (χ1v) is 13.2. The van der Waals surface area contributed by atoms with Crippen LogP contribution in [-0.2, 0) is 19.1 Å². The third-order valence-corrected chi connectivity index (χ3v) is 11.5. The Morgan fingerprint density at radius 3 is 2.47 bits per heavy atom. The van der Waals surface area contributed by atoms with Crippen LogP contribution in [0.3, 0.4) is 0 Å². The number of ketones is 1. The molecule has 0 aromatic heterocycles. The average molecular weight is 496 g/mol. The van der Waals surface area contributed by atoms with Crippen LogP contribution in [0.1, 0.15) is 83.7 Å². The van der Waals surface area contributed by atoms with Crippen molar-refractivity contribution >= 4 is 17.7 Å². The van der Waals surface area contributed by atoms with Gasteiger partial charge < -0.3 is 9.64 Å². The summed E-state index contributed by atoms with van der Waals surface area (Å²) in [6, 6.07) is 1.24. The molecule has 0 unspecified atom stereocenters. The van der Waals surface area contributed by atoms with Crippen molar-refractivity contribution in [3.05, 3.63) is 23.3 Å². The van der Waals surface area contributed by atoms with Crippen LogP contribution in [-0.4, -0.2) is 42.7 Å². The van der Waals surface area contributed by atoms with Crippen LogP contribution in [0.4, 0.5) is 0 Å². The lowest BCUT2D eigenvalue weighted by atomic mass is 9.35. The predicted molar refractivity (Wildman–Crippen MR) is 135 cm³/mol. The topological polar surface area (TPSA) is 87.5 Å². The molecule has 0 N–H and O–H groups in total. The van der Waals surface area contributed by atoms with E-state index in [0.717, 1.165) is 23.3 Å². The number of ether oxygens (including phenoxy) is 1. The zero-order valence-corrected chi connectivity index (χ0v) is 22.4. The fourth-order valence-electron chi connectivity index (χ4n) is 9.22. The third kappa shape index (κ3) is 2.92. The van der Waals surface area contributed by atoms with Gasteiger partial charge in [-0.15, -0.1) is 0 Å². The van der Waals surface area contributed by atoms with Gasteiger partial charge in [-0.1, -0.05) is 34.6 Å². The minimum atomic E-state index is -2.71. The van der Waals surface area contributed by atoms with Crippen LogP contribution in [0.5, 0.6) is 0 Å². The van der Waals surface area contributed by atoms with Gasteiger partial charge >= 0.3 is 5.97 Å². The SMILES string of the molecule is [2H]C([2H])([2H])N1C(=O)C(C#N)=C[C@]2(C)C3=CC(=O)[C@@H]4[C@@H]5CC(C)(C)CC[C@]5(C(=O)OC)CC[C@@]4(C)[C@]3(C)CC[C@@H]12. The first-order valence-electron chi connectivity index (χ1n) is 14.7. The first kappa shape index (κ1) is 21.6. The molecule has 0 aromatic rings. The lowest BCUT2D eigenvalue weighted by molar-refractivity contribution is -0.190. The Morgan fingerprint density at radius 1 is 1.14 bits per heavy atom. The highest BCUT2D eigenvalue weighted by Gasteiger charge is 2.70. The van der Waals surface area contributed by atoms with Crippen molar-refractivity contribution in [2.45, 2.75) is 85.6 Å². The highest BCUT2D eigenvalue weighted by Crippen LogP contribution is 2.73. The third-order valence-electron chi connectivity index (χ3n) is 11.5. The number of hydrogen-bond donors (Lipinski definition) is 0. The Hall–Kier alpha value is -2.42. The van der Waals surface area contributed by atoms with E-state index in [9.17, 15) is 19.6 Å². The molecule has 0 bridgehead atoms. The molecule has 1 amide bonds. The molecule has 3 saturated carbocycles. The van der Waals surface area contributed by atoms with Gasteiger partial charge in [0.1, 0.15) is 11.6 Å². The fraction of sp³-hybridized carbons (Fsp3) is 0.733. The second kappa shape index (κ2) is 7.55. The number of nitrogens with zero attached hydrogens (tertiary/aromatic N) is 2. The molecule has 1 aliphatic heterocycles. The van der Waals surface area contributed by atoms with E-state index in [2.05, 4.69) is 27.7 Å². The Balaban J connectivity index is 1.70. The largest absolute Gasteiger partial charge is 0.469 e. The van der Waals surface area contributed by atoms with Gasteiger partial charge in [0.25, 0.3) is 5.91 Å². The summed E-state index contributed by atoms with van der Waals surface area (Å²) < 4.78 is 29.7. The number of amides is 1. The summed E-state index contributed by atoms with van der Waals surface area (Å²) in [5, 5.41) is 9.80. The fourth-order valence-corrected chi connectivity index (χ4v) is 9.22. The number of rotatable bonds is 1. The molecular formula is C30H40N2O4. The van der Waals surface area contributed by atoms with E-state index in [4.69, 9.17) is 8.85 Å². The maximum Gasteiger partial charge on any atom is 0.312 e. The molecule has 1 heterocycles. The van der Waals surface area contributed by atoms with E-state index in [-0.39, 0.29) is 34.6 Å². The summed E-state index contributed by atoms with van der Waals surface area (Å²) in [5.41, 5.74) is -2.03. The molecule has 6 heteroatoms. The summed E-state index contributed by atoms with van der Waals surface area (Å²) in [4.78, 5) is 41.7. The minimum absolute atomic E-state index is 0.0103. The number of methoxy groups -OCH3 is 1. The van der Waals surface area contributed by atoms with E-state index in [1.807, 2.05) is 13.0 Å². The number of hydrogen-bond acceptors (Lipinski definition) is 5. The molecule has 0 radical (unpaired) electrons. The minimum Gasteiger partial charge on any atom is -0.469 e. The van der Waals surface area contributed by atoms with Crippen molar-refractivity contribution in [2.75, 3.05) is 14.1 Å². The number of nitriles is 1. The van der Waals surface area contributed by atoms with Crippen molar-refractivity contribution in [1.82, 2.24) is 4.90 Å². The van der Waals surface area contributed by atoms with Crippen LogP contribution in [0.2, 0.25) is 0 Å². The van der Waals surface area contributed by atoms with Crippen molar-refractivity contribution in [3.63, 3.8) is 0 Å². The van der Waals surface area contributed by atoms with Crippen molar-refractivity contribution < 1.29 is 23.2 Å². The molecule has 0 spiro atoms. The van der Waals surface area contributed by atoms with Crippen molar-refractivity contribution in [3.8, 4) is 6.07 Å². The quantitative estimate of drug-likeness (QED) is 0.478.